The average molecular weight is 172 g/mol. The quantitative estimate of drug-likeness (QED) is 0.704. The minimum atomic E-state index is -0.686. The summed E-state index contributed by atoms with van der Waals surface area (Å²) in [5, 5.41) is 8.48. The average Bonchev–Trinajstić information content (AvgIpc) is 2.01. The van der Waals surface area contributed by atoms with Gasteiger partial charge in [-0.25, -0.2) is 0 Å². The molecule has 0 aliphatic carbocycles. The monoisotopic (exact) mass is 172 g/mol. The molecule has 1 aliphatic rings. The van der Waals surface area contributed by atoms with Crippen LogP contribution in [-0.4, -0.2) is 23.8 Å². The second-order valence-corrected chi connectivity index (χ2v) is 3.50. The first-order valence-corrected chi connectivity index (χ1v) is 4.52. The van der Waals surface area contributed by atoms with Gasteiger partial charge in [-0.2, -0.15) is 0 Å². The first-order valence-electron chi connectivity index (χ1n) is 4.52. The summed E-state index contributed by atoms with van der Waals surface area (Å²) >= 11 is 0. The van der Waals surface area contributed by atoms with Gasteiger partial charge in [-0.3, -0.25) is 4.79 Å². The Morgan fingerprint density at radius 1 is 1.67 bits per heavy atom. The van der Waals surface area contributed by atoms with Crippen LogP contribution >= 0.6 is 0 Å². The van der Waals surface area contributed by atoms with E-state index < -0.39 is 5.97 Å². The molecule has 0 aromatic rings. The molecule has 1 saturated heterocycles. The molecule has 2 unspecified atom stereocenters. The second kappa shape index (κ2) is 4.45. The molecule has 3 nitrogen and oxygen atoms in total. The molecule has 0 aromatic heterocycles. The van der Waals surface area contributed by atoms with Crippen LogP contribution in [0.2, 0.25) is 0 Å². The fourth-order valence-corrected chi connectivity index (χ4v) is 1.68. The van der Waals surface area contributed by atoms with E-state index in [0.717, 1.165) is 25.9 Å². The smallest absolute Gasteiger partial charge is 0.303 e. The molecule has 0 saturated carbocycles. The van der Waals surface area contributed by atoms with Crippen LogP contribution in [0.3, 0.4) is 0 Å². The third kappa shape index (κ3) is 3.22. The first-order chi connectivity index (χ1) is 5.68. The molecular formula is C9H16O3. The summed E-state index contributed by atoms with van der Waals surface area (Å²) in [7, 11) is 0. The molecule has 3 heteroatoms. The van der Waals surface area contributed by atoms with Gasteiger partial charge in [0.1, 0.15) is 0 Å². The maximum Gasteiger partial charge on any atom is 0.303 e. The van der Waals surface area contributed by atoms with Gasteiger partial charge >= 0.3 is 5.97 Å². The van der Waals surface area contributed by atoms with Crippen LogP contribution in [0.5, 0.6) is 0 Å². The molecule has 0 radical (unpaired) electrons. The summed E-state index contributed by atoms with van der Waals surface area (Å²) in [5.74, 6) is -0.126. The Morgan fingerprint density at radius 3 is 3.00 bits per heavy atom. The molecule has 1 heterocycles. The highest BCUT2D eigenvalue weighted by Gasteiger charge is 2.19. The van der Waals surface area contributed by atoms with Gasteiger partial charge in [-0.05, 0) is 32.1 Å². The molecule has 2 atom stereocenters. The van der Waals surface area contributed by atoms with Crippen molar-refractivity contribution in [2.24, 2.45) is 5.92 Å². The van der Waals surface area contributed by atoms with Crippen LogP contribution in [0.25, 0.3) is 0 Å². The molecule has 1 fully saturated rings. The number of carboxylic acid groups (broad SMARTS) is 1. The number of hydrogen-bond acceptors (Lipinski definition) is 2. The zero-order valence-corrected chi connectivity index (χ0v) is 7.45. The third-order valence-electron chi connectivity index (χ3n) is 2.36. The van der Waals surface area contributed by atoms with E-state index in [1.807, 2.05) is 6.92 Å². The minimum absolute atomic E-state index is 0.303. The number of carbonyl (C=O) groups is 1. The highest BCUT2D eigenvalue weighted by atomic mass is 16.5. The van der Waals surface area contributed by atoms with Crippen LogP contribution in [0.4, 0.5) is 0 Å². The second-order valence-electron chi connectivity index (χ2n) is 3.50. The van der Waals surface area contributed by atoms with Crippen molar-refractivity contribution < 1.29 is 14.6 Å². The standard InChI is InChI=1S/C9H16O3/c1-7-6-8(4-5-12-7)2-3-9(10)11/h7-8H,2-6H2,1H3,(H,10,11). The lowest BCUT2D eigenvalue weighted by atomic mass is 9.92. The Balaban J connectivity index is 2.18. The molecule has 1 aliphatic heterocycles. The molecular weight excluding hydrogens is 156 g/mol. The number of aliphatic carboxylic acids is 1. The first kappa shape index (κ1) is 9.52. The van der Waals surface area contributed by atoms with Crippen molar-refractivity contribution >= 4 is 5.97 Å². The molecule has 0 aromatic carbocycles. The third-order valence-corrected chi connectivity index (χ3v) is 2.36. The van der Waals surface area contributed by atoms with Crippen molar-refractivity contribution in [2.75, 3.05) is 6.61 Å². The topological polar surface area (TPSA) is 46.5 Å². The van der Waals surface area contributed by atoms with Gasteiger partial charge in [0, 0.05) is 13.0 Å². The Morgan fingerprint density at radius 2 is 2.42 bits per heavy atom. The lowest BCUT2D eigenvalue weighted by Gasteiger charge is -2.26. The Hall–Kier alpha value is -0.570. The summed E-state index contributed by atoms with van der Waals surface area (Å²) in [5.41, 5.74) is 0. The van der Waals surface area contributed by atoms with Gasteiger partial charge in [0.2, 0.25) is 0 Å². The predicted molar refractivity (Wildman–Crippen MR) is 45.0 cm³/mol. The fraction of sp³-hybridized carbons (Fsp3) is 0.889. The van der Waals surface area contributed by atoms with Gasteiger partial charge in [-0.1, -0.05) is 0 Å². The van der Waals surface area contributed by atoms with E-state index in [2.05, 4.69) is 0 Å². The molecule has 70 valence electrons. The number of carboxylic acids is 1. The zero-order chi connectivity index (χ0) is 8.97. The van der Waals surface area contributed by atoms with Crippen LogP contribution in [0.15, 0.2) is 0 Å². The van der Waals surface area contributed by atoms with E-state index >= 15 is 0 Å². The predicted octanol–water partition coefficient (Wildman–Crippen LogP) is 1.67. The summed E-state index contributed by atoms with van der Waals surface area (Å²) in [6.45, 7) is 2.85. The normalized spacial score (nSPS) is 30.1. The Labute approximate surface area is 72.7 Å². The van der Waals surface area contributed by atoms with Crippen molar-refractivity contribution in [3.8, 4) is 0 Å². The number of rotatable bonds is 3. The lowest BCUT2D eigenvalue weighted by molar-refractivity contribution is -0.137. The van der Waals surface area contributed by atoms with Gasteiger partial charge in [-0.15, -0.1) is 0 Å². The summed E-state index contributed by atoms with van der Waals surface area (Å²) in [4.78, 5) is 10.3. The van der Waals surface area contributed by atoms with Gasteiger partial charge in [0.15, 0.2) is 0 Å². The van der Waals surface area contributed by atoms with Crippen molar-refractivity contribution in [3.63, 3.8) is 0 Å². The lowest BCUT2D eigenvalue weighted by Crippen LogP contribution is -2.23. The summed E-state index contributed by atoms with van der Waals surface area (Å²) in [6.07, 6.45) is 3.48. The highest BCUT2D eigenvalue weighted by Crippen LogP contribution is 2.23. The SMILES string of the molecule is CC1CC(CCC(=O)O)CCO1. The van der Waals surface area contributed by atoms with Crippen molar-refractivity contribution in [2.45, 2.75) is 38.7 Å². The van der Waals surface area contributed by atoms with E-state index in [9.17, 15) is 4.79 Å². The highest BCUT2D eigenvalue weighted by molar-refractivity contribution is 5.66. The van der Waals surface area contributed by atoms with E-state index in [-0.39, 0.29) is 0 Å². The van der Waals surface area contributed by atoms with Crippen LogP contribution in [-0.2, 0) is 9.53 Å². The summed E-state index contributed by atoms with van der Waals surface area (Å²) in [6, 6.07) is 0. The van der Waals surface area contributed by atoms with Crippen LogP contribution in [0, 0.1) is 5.92 Å². The minimum Gasteiger partial charge on any atom is -0.481 e. The maximum absolute atomic E-state index is 10.3. The van der Waals surface area contributed by atoms with Gasteiger partial charge in [0.25, 0.3) is 0 Å². The zero-order valence-electron chi connectivity index (χ0n) is 7.45. The van der Waals surface area contributed by atoms with Crippen LogP contribution in [0.1, 0.15) is 32.6 Å². The fourth-order valence-electron chi connectivity index (χ4n) is 1.68. The molecule has 0 amide bonds. The molecule has 0 bridgehead atoms. The number of hydrogen-bond donors (Lipinski definition) is 1. The van der Waals surface area contributed by atoms with E-state index in [1.54, 1.807) is 0 Å². The number of ether oxygens (including phenoxy) is 1. The molecule has 12 heavy (non-hydrogen) atoms. The van der Waals surface area contributed by atoms with E-state index in [4.69, 9.17) is 9.84 Å². The van der Waals surface area contributed by atoms with Gasteiger partial charge in [0.05, 0.1) is 6.10 Å². The Bertz CT molecular complexity index is 156. The van der Waals surface area contributed by atoms with Crippen molar-refractivity contribution in [1.82, 2.24) is 0 Å². The van der Waals surface area contributed by atoms with E-state index in [0.29, 0.717) is 18.4 Å². The Kier molecular flexibility index (Phi) is 3.53. The van der Waals surface area contributed by atoms with Crippen molar-refractivity contribution in [1.29, 1.82) is 0 Å². The van der Waals surface area contributed by atoms with Gasteiger partial charge < -0.3 is 9.84 Å². The molecule has 1 rings (SSSR count). The maximum atomic E-state index is 10.3. The van der Waals surface area contributed by atoms with E-state index in [1.165, 1.54) is 0 Å². The molecule has 1 N–H and O–H groups in total. The largest absolute Gasteiger partial charge is 0.481 e. The van der Waals surface area contributed by atoms with Crippen molar-refractivity contribution in [3.05, 3.63) is 0 Å². The van der Waals surface area contributed by atoms with Crippen LogP contribution < -0.4 is 0 Å². The summed E-state index contributed by atoms with van der Waals surface area (Å²) < 4.78 is 5.37. The molecule has 0 spiro atoms.